The second kappa shape index (κ2) is 11.2. The lowest BCUT2D eigenvalue weighted by molar-refractivity contribution is -0.285. The lowest BCUT2D eigenvalue weighted by Crippen LogP contribution is -2.63. The summed E-state index contributed by atoms with van der Waals surface area (Å²) in [5.41, 5.74) is 0.113. The van der Waals surface area contributed by atoms with Crippen molar-refractivity contribution in [1.82, 2.24) is 0 Å². The Labute approximate surface area is 190 Å². The van der Waals surface area contributed by atoms with Crippen LogP contribution in [0.1, 0.15) is 31.1 Å². The average Bonchev–Trinajstić information content (AvgIpc) is 2.70. The van der Waals surface area contributed by atoms with E-state index in [1.54, 1.807) is 18.2 Å². The van der Waals surface area contributed by atoms with Crippen LogP contribution in [0.2, 0.25) is 0 Å². The molecule has 0 aliphatic carbocycles. The third-order valence-corrected chi connectivity index (χ3v) is 4.74. The van der Waals surface area contributed by atoms with Crippen molar-refractivity contribution in [1.29, 1.82) is 0 Å². The van der Waals surface area contributed by atoms with Gasteiger partial charge in [0.25, 0.3) is 10.1 Å². The number of rotatable bonds is 8. The minimum Gasteiger partial charge on any atom is -0.463 e. The molecule has 1 aromatic rings. The maximum atomic E-state index is 12.6. The van der Waals surface area contributed by atoms with Crippen molar-refractivity contribution in [2.24, 2.45) is 0 Å². The van der Waals surface area contributed by atoms with Gasteiger partial charge in [0.15, 0.2) is 18.3 Å². The number of carbonyl (C=O) groups excluding carboxylic acids is 4. The van der Waals surface area contributed by atoms with E-state index >= 15 is 0 Å². The van der Waals surface area contributed by atoms with Gasteiger partial charge in [0, 0.05) is 20.8 Å². The normalized spacial score (nSPS) is 24.9. The Morgan fingerprint density at radius 1 is 0.848 bits per heavy atom. The van der Waals surface area contributed by atoms with Gasteiger partial charge in [-0.1, -0.05) is 18.2 Å². The zero-order valence-corrected chi connectivity index (χ0v) is 19.1. The second-order valence-corrected chi connectivity index (χ2v) is 8.63. The molecule has 12 nitrogen and oxygen atoms in total. The fourth-order valence-corrected chi connectivity index (χ4v) is 3.62. The molecule has 0 spiro atoms. The van der Waals surface area contributed by atoms with E-state index in [9.17, 15) is 27.6 Å². The number of esters is 4. The first-order valence-corrected chi connectivity index (χ1v) is 11.5. The highest BCUT2D eigenvalue weighted by Gasteiger charge is 2.54. The fraction of sp³-hybridized carbons (Fsp3) is 0.500. The molecule has 0 radical (unpaired) electrons. The highest BCUT2D eigenvalue weighted by Crippen LogP contribution is 2.31. The molecule has 0 aromatic heterocycles. The first kappa shape index (κ1) is 26.2. The molecule has 1 aromatic carbocycles. The van der Waals surface area contributed by atoms with Crippen LogP contribution >= 0.6 is 0 Å². The topological polar surface area (TPSA) is 158 Å². The molecule has 2 rings (SSSR count). The van der Waals surface area contributed by atoms with E-state index < -0.39 is 71.3 Å². The van der Waals surface area contributed by atoms with Gasteiger partial charge in [0.2, 0.25) is 6.29 Å². The lowest BCUT2D eigenvalue weighted by atomic mass is 9.98. The maximum Gasteiger partial charge on any atom is 0.340 e. The summed E-state index contributed by atoms with van der Waals surface area (Å²) in [7, 11) is -4.21. The molecule has 1 saturated heterocycles. The van der Waals surface area contributed by atoms with Crippen LogP contribution in [0.3, 0.4) is 0 Å². The maximum absolute atomic E-state index is 12.6. The molecule has 13 heteroatoms. The highest BCUT2D eigenvalue weighted by atomic mass is 32.2. The van der Waals surface area contributed by atoms with Crippen LogP contribution in [0, 0.1) is 0 Å². The zero-order chi connectivity index (χ0) is 24.8. The van der Waals surface area contributed by atoms with Crippen molar-refractivity contribution in [2.75, 3.05) is 12.9 Å². The van der Waals surface area contributed by atoms with Crippen molar-refractivity contribution in [3.63, 3.8) is 0 Å². The van der Waals surface area contributed by atoms with Crippen LogP contribution in [0.25, 0.3) is 0 Å². The number of ether oxygens (including phenoxy) is 5. The van der Waals surface area contributed by atoms with Gasteiger partial charge in [-0.15, -0.1) is 0 Å². The summed E-state index contributed by atoms with van der Waals surface area (Å²) in [6.07, 6.45) is -7.11. The van der Waals surface area contributed by atoms with Crippen molar-refractivity contribution >= 4 is 34.0 Å². The van der Waals surface area contributed by atoms with Crippen LogP contribution in [-0.2, 0) is 52.4 Å². The summed E-state index contributed by atoms with van der Waals surface area (Å²) in [5.74, 6) is -3.30. The van der Waals surface area contributed by atoms with Gasteiger partial charge in [-0.25, -0.2) is 4.79 Å². The van der Waals surface area contributed by atoms with E-state index in [4.69, 9.17) is 27.9 Å². The van der Waals surface area contributed by atoms with Gasteiger partial charge in [-0.05, 0) is 12.1 Å². The van der Waals surface area contributed by atoms with E-state index in [0.717, 1.165) is 27.0 Å². The Bertz CT molecular complexity index is 974. The van der Waals surface area contributed by atoms with E-state index in [1.165, 1.54) is 12.1 Å². The zero-order valence-electron chi connectivity index (χ0n) is 18.3. The smallest absolute Gasteiger partial charge is 0.340 e. The molecular formula is C20H24O12S. The predicted octanol–water partition coefficient (Wildman–Crippen LogP) is 0.340. The van der Waals surface area contributed by atoms with Crippen molar-refractivity contribution in [2.45, 2.75) is 51.5 Å². The van der Waals surface area contributed by atoms with Crippen LogP contribution < -0.4 is 0 Å². The molecule has 0 bridgehead atoms. The molecule has 0 N–H and O–H groups in total. The summed E-state index contributed by atoms with van der Waals surface area (Å²) in [6, 6.07) is 7.70. The Hall–Kier alpha value is -3.03. The summed E-state index contributed by atoms with van der Waals surface area (Å²) in [4.78, 5) is 47.4. The number of hydrogen-bond donors (Lipinski definition) is 0. The quantitative estimate of drug-likeness (QED) is 0.281. The van der Waals surface area contributed by atoms with Crippen molar-refractivity contribution in [3.05, 3.63) is 35.9 Å². The molecule has 1 heterocycles. The fourth-order valence-electron chi connectivity index (χ4n) is 3.02. The van der Waals surface area contributed by atoms with Crippen molar-refractivity contribution < 1.29 is 55.5 Å². The Balaban J connectivity index is 2.48. The first-order chi connectivity index (χ1) is 15.4. The number of benzene rings is 1. The van der Waals surface area contributed by atoms with Gasteiger partial charge < -0.3 is 23.7 Å². The number of carbonyl (C=O) groups is 4. The third kappa shape index (κ3) is 8.11. The lowest BCUT2D eigenvalue weighted by Gasteiger charge is -2.43. The molecule has 1 aliphatic rings. The van der Waals surface area contributed by atoms with E-state index in [1.807, 2.05) is 0 Å². The van der Waals surface area contributed by atoms with Gasteiger partial charge in [-0.2, -0.15) is 8.42 Å². The minimum atomic E-state index is -4.21. The molecule has 0 amide bonds. The Morgan fingerprint density at radius 3 is 1.94 bits per heavy atom. The van der Waals surface area contributed by atoms with Crippen molar-refractivity contribution in [3.8, 4) is 0 Å². The molecular weight excluding hydrogens is 464 g/mol. The summed E-state index contributed by atoms with van der Waals surface area (Å²) >= 11 is 0. The Morgan fingerprint density at radius 2 is 1.42 bits per heavy atom. The largest absolute Gasteiger partial charge is 0.463 e. The van der Waals surface area contributed by atoms with Crippen LogP contribution in [-0.4, -0.2) is 75.9 Å². The van der Waals surface area contributed by atoms with Gasteiger partial charge in [0.1, 0.15) is 12.7 Å². The first-order valence-electron chi connectivity index (χ1n) is 9.65. The summed E-state index contributed by atoms with van der Waals surface area (Å²) < 4.78 is 55.1. The van der Waals surface area contributed by atoms with E-state index in [0.29, 0.717) is 0 Å². The molecule has 33 heavy (non-hydrogen) atoms. The van der Waals surface area contributed by atoms with E-state index in [-0.39, 0.29) is 5.56 Å². The molecule has 1 fully saturated rings. The highest BCUT2D eigenvalue weighted by molar-refractivity contribution is 7.86. The molecule has 182 valence electrons. The van der Waals surface area contributed by atoms with Gasteiger partial charge in [0.05, 0.1) is 11.8 Å². The standard InChI is InChI=1S/C20H24O12S/c1-11(21)27-10-15-16(28-12(2)22)17(29-13(3)23)18(32-33(4,25)26)20(30-15)31-19(24)14-8-6-5-7-9-14/h5-9,15-18,20H,10H2,1-4H3. The number of hydrogen-bond acceptors (Lipinski definition) is 12. The Kier molecular flexibility index (Phi) is 8.91. The van der Waals surface area contributed by atoms with Crippen LogP contribution in [0.4, 0.5) is 0 Å². The minimum absolute atomic E-state index is 0.113. The van der Waals surface area contributed by atoms with Crippen LogP contribution in [0.15, 0.2) is 30.3 Å². The van der Waals surface area contributed by atoms with Gasteiger partial charge in [-0.3, -0.25) is 18.6 Å². The predicted molar refractivity (Wildman–Crippen MR) is 108 cm³/mol. The second-order valence-electron chi connectivity index (χ2n) is 7.03. The summed E-state index contributed by atoms with van der Waals surface area (Å²) in [5, 5.41) is 0. The average molecular weight is 488 g/mol. The summed E-state index contributed by atoms with van der Waals surface area (Å²) in [6.45, 7) is 2.72. The molecule has 0 saturated carbocycles. The van der Waals surface area contributed by atoms with E-state index in [2.05, 4.69) is 0 Å². The third-order valence-electron chi connectivity index (χ3n) is 4.16. The monoisotopic (exact) mass is 488 g/mol. The molecule has 5 unspecified atom stereocenters. The molecule has 1 aliphatic heterocycles. The van der Waals surface area contributed by atoms with Gasteiger partial charge >= 0.3 is 23.9 Å². The SMILES string of the molecule is CC(=O)OCC1OC(OC(=O)c2ccccc2)C(OS(C)(=O)=O)C(OC(C)=O)C1OC(C)=O. The molecule has 5 atom stereocenters. The van der Waals surface area contributed by atoms with Crippen LogP contribution in [0.5, 0.6) is 0 Å².